The molecule has 1 saturated heterocycles. The zero-order valence-electron chi connectivity index (χ0n) is 19.8. The van der Waals surface area contributed by atoms with Gasteiger partial charge in [0, 0.05) is 31.4 Å². The minimum absolute atomic E-state index is 0.193. The van der Waals surface area contributed by atoms with Gasteiger partial charge < -0.3 is 15.4 Å². The van der Waals surface area contributed by atoms with E-state index in [1.165, 1.54) is 28.9 Å². The predicted molar refractivity (Wildman–Crippen MR) is 134 cm³/mol. The molecular weight excluding hydrogens is 482 g/mol. The smallest absolute Gasteiger partial charge is 0.334 e. The quantitative estimate of drug-likeness (QED) is 0.399. The summed E-state index contributed by atoms with van der Waals surface area (Å²) in [5, 5.41) is 0. The van der Waals surface area contributed by atoms with Crippen LogP contribution in [0.4, 0.5) is 14.6 Å². The maximum absolute atomic E-state index is 13.8. The van der Waals surface area contributed by atoms with E-state index in [2.05, 4.69) is 9.97 Å². The number of allylic oxidation sites excluding steroid dienone is 1. The highest BCUT2D eigenvalue weighted by atomic mass is 19.1. The second-order valence-electron chi connectivity index (χ2n) is 8.60. The third kappa shape index (κ3) is 4.80. The van der Waals surface area contributed by atoms with Gasteiger partial charge in [-0.3, -0.25) is 13.9 Å². The van der Waals surface area contributed by atoms with Crippen molar-refractivity contribution in [3.8, 4) is 17.3 Å². The van der Waals surface area contributed by atoms with Crippen molar-refractivity contribution in [2.45, 2.75) is 18.9 Å². The van der Waals surface area contributed by atoms with Gasteiger partial charge in [0.05, 0.1) is 23.4 Å². The summed E-state index contributed by atoms with van der Waals surface area (Å²) < 4.78 is 34.4. The number of piperidine rings is 1. The van der Waals surface area contributed by atoms with E-state index in [4.69, 9.17) is 10.5 Å². The van der Waals surface area contributed by atoms with Gasteiger partial charge in [0.2, 0.25) is 11.8 Å². The number of carbonyl (C=O) groups is 1. The first-order valence-corrected chi connectivity index (χ1v) is 11.7. The lowest BCUT2D eigenvalue weighted by Crippen LogP contribution is -2.42. The number of halogens is 2. The van der Waals surface area contributed by atoms with Crippen molar-refractivity contribution >= 4 is 22.8 Å². The molecule has 0 saturated carbocycles. The van der Waals surface area contributed by atoms with Crippen molar-refractivity contribution in [3.63, 3.8) is 0 Å². The molecule has 9 nitrogen and oxygen atoms in total. The van der Waals surface area contributed by atoms with Crippen molar-refractivity contribution in [2.24, 2.45) is 0 Å². The zero-order chi connectivity index (χ0) is 25.9. The molecule has 1 aliphatic rings. The van der Waals surface area contributed by atoms with Gasteiger partial charge in [-0.1, -0.05) is 0 Å². The van der Waals surface area contributed by atoms with Gasteiger partial charge in [-0.15, -0.1) is 0 Å². The average Bonchev–Trinajstić information content (AvgIpc) is 3.22. The van der Waals surface area contributed by atoms with Crippen LogP contribution < -0.4 is 16.2 Å². The Kier molecular flexibility index (Phi) is 6.67. The molecule has 5 rings (SSSR count). The number of hydrogen-bond acceptors (Lipinski definition) is 6. The van der Waals surface area contributed by atoms with Gasteiger partial charge in [-0.25, -0.2) is 23.5 Å². The highest BCUT2D eigenvalue weighted by Gasteiger charge is 2.28. The van der Waals surface area contributed by atoms with E-state index < -0.39 is 12.5 Å². The van der Waals surface area contributed by atoms with Crippen molar-refractivity contribution in [1.82, 2.24) is 24.0 Å². The number of imidazole rings is 1. The Morgan fingerprint density at radius 1 is 1.16 bits per heavy atom. The molecule has 0 unspecified atom stereocenters. The fourth-order valence-electron chi connectivity index (χ4n) is 4.60. The van der Waals surface area contributed by atoms with Crippen LogP contribution in [0.1, 0.15) is 18.9 Å². The molecule has 2 N–H and O–H groups in total. The number of rotatable bonds is 6. The molecule has 3 aromatic heterocycles. The third-order valence-electron chi connectivity index (χ3n) is 6.25. The summed E-state index contributed by atoms with van der Waals surface area (Å²) >= 11 is 0. The minimum atomic E-state index is -0.716. The summed E-state index contributed by atoms with van der Waals surface area (Å²) in [6.45, 7) is 0.133. The Hall–Kier alpha value is -4.54. The number of ether oxygens (including phenoxy) is 1. The average molecular weight is 507 g/mol. The standard InChI is InChI=1S/C26H24F2N6O3/c27-12-1-4-23(35)32-14-2-3-19(16-32)33-21-11-13-30-25(29)24(21)34(26(33)36)18-6-8-20(9-7-18)37-22-10-5-17(28)15-31-22/h1,4-11,13,15,19H,2-3,12,14,16H2,(H2,29,30)/b4-1+/t19-/m1/s1. The molecule has 1 fully saturated rings. The van der Waals surface area contributed by atoms with Crippen molar-refractivity contribution in [2.75, 3.05) is 25.5 Å². The first kappa shape index (κ1) is 24.2. The number of likely N-dealkylation sites (tertiary alicyclic amines) is 1. The van der Waals surface area contributed by atoms with Gasteiger partial charge in [-0.2, -0.15) is 0 Å². The van der Waals surface area contributed by atoms with Gasteiger partial charge >= 0.3 is 5.69 Å². The monoisotopic (exact) mass is 506 g/mol. The fraction of sp³-hybridized carbons (Fsp3) is 0.231. The SMILES string of the molecule is Nc1nccc2c1n(-c1ccc(Oc3ccc(F)cn3)cc1)c(=O)n2[C@@H]1CCCN(C(=O)/C=C/CF)C1. The summed E-state index contributed by atoms with van der Waals surface area (Å²) in [7, 11) is 0. The zero-order valence-corrected chi connectivity index (χ0v) is 19.8. The van der Waals surface area contributed by atoms with Crippen LogP contribution in [0.3, 0.4) is 0 Å². The Balaban J connectivity index is 1.51. The van der Waals surface area contributed by atoms with Crippen molar-refractivity contribution in [1.29, 1.82) is 0 Å². The summed E-state index contributed by atoms with van der Waals surface area (Å²) in [5.74, 6) is 0.124. The van der Waals surface area contributed by atoms with E-state index in [1.807, 2.05) is 0 Å². The lowest BCUT2D eigenvalue weighted by Gasteiger charge is -2.32. The maximum Gasteiger partial charge on any atom is 0.334 e. The van der Waals surface area contributed by atoms with E-state index in [0.717, 1.165) is 6.20 Å². The third-order valence-corrected chi connectivity index (χ3v) is 6.25. The number of hydrogen-bond donors (Lipinski definition) is 1. The van der Waals surface area contributed by atoms with E-state index in [0.29, 0.717) is 48.4 Å². The molecule has 1 amide bonds. The summed E-state index contributed by atoms with van der Waals surface area (Å²) in [6.07, 6.45) is 6.39. The molecule has 11 heteroatoms. The van der Waals surface area contributed by atoms with Crippen LogP contribution in [0, 0.1) is 5.82 Å². The Morgan fingerprint density at radius 2 is 1.97 bits per heavy atom. The van der Waals surface area contributed by atoms with Crippen LogP contribution in [-0.2, 0) is 4.79 Å². The van der Waals surface area contributed by atoms with Crippen LogP contribution in [0.15, 0.2) is 71.8 Å². The number of pyridine rings is 2. The summed E-state index contributed by atoms with van der Waals surface area (Å²) in [4.78, 5) is 35.9. The first-order valence-electron chi connectivity index (χ1n) is 11.7. The van der Waals surface area contributed by atoms with E-state index in [1.54, 1.807) is 46.0 Å². The number of nitrogens with zero attached hydrogens (tertiary/aromatic N) is 5. The van der Waals surface area contributed by atoms with Crippen molar-refractivity contribution < 1.29 is 18.3 Å². The highest BCUT2D eigenvalue weighted by Crippen LogP contribution is 2.29. The molecule has 190 valence electrons. The lowest BCUT2D eigenvalue weighted by atomic mass is 10.1. The number of anilines is 1. The molecule has 0 spiro atoms. The number of carbonyl (C=O) groups excluding carboxylic acids is 1. The molecule has 4 heterocycles. The van der Waals surface area contributed by atoms with Gasteiger partial charge in [0.1, 0.15) is 29.6 Å². The van der Waals surface area contributed by atoms with Crippen LogP contribution >= 0.6 is 0 Å². The number of nitrogen functional groups attached to an aromatic ring is 1. The maximum atomic E-state index is 13.8. The lowest BCUT2D eigenvalue weighted by molar-refractivity contribution is -0.127. The number of alkyl halides is 1. The second kappa shape index (κ2) is 10.2. The number of aromatic nitrogens is 4. The largest absolute Gasteiger partial charge is 0.439 e. The van der Waals surface area contributed by atoms with Crippen LogP contribution in [0.25, 0.3) is 16.7 Å². The molecule has 37 heavy (non-hydrogen) atoms. The Labute approximate surface area is 210 Å². The molecular formula is C26H24F2N6O3. The Morgan fingerprint density at radius 3 is 2.70 bits per heavy atom. The fourth-order valence-corrected chi connectivity index (χ4v) is 4.60. The van der Waals surface area contributed by atoms with E-state index in [-0.39, 0.29) is 29.3 Å². The van der Waals surface area contributed by atoms with Crippen LogP contribution in [0.5, 0.6) is 11.6 Å². The van der Waals surface area contributed by atoms with Gasteiger partial charge in [0.15, 0.2) is 0 Å². The van der Waals surface area contributed by atoms with Crippen LogP contribution in [-0.4, -0.2) is 49.7 Å². The first-order chi connectivity index (χ1) is 18.0. The topological polar surface area (TPSA) is 108 Å². The second-order valence-corrected chi connectivity index (χ2v) is 8.60. The molecule has 0 radical (unpaired) electrons. The number of nitrogens with two attached hydrogens (primary N) is 1. The summed E-state index contributed by atoms with van der Waals surface area (Å²) in [6, 6.07) is 10.8. The van der Waals surface area contributed by atoms with E-state index in [9.17, 15) is 18.4 Å². The summed E-state index contributed by atoms with van der Waals surface area (Å²) in [5.41, 5.74) is 7.51. The molecule has 4 aromatic rings. The highest BCUT2D eigenvalue weighted by molar-refractivity contribution is 5.88. The molecule has 0 bridgehead atoms. The predicted octanol–water partition coefficient (Wildman–Crippen LogP) is 3.79. The molecule has 0 aliphatic carbocycles. The number of fused-ring (bicyclic) bond motifs is 1. The van der Waals surface area contributed by atoms with Crippen LogP contribution in [0.2, 0.25) is 0 Å². The minimum Gasteiger partial charge on any atom is -0.439 e. The normalized spacial score (nSPS) is 15.9. The van der Waals surface area contributed by atoms with Gasteiger partial charge in [0.25, 0.3) is 0 Å². The number of amides is 1. The number of benzene rings is 1. The molecule has 1 atom stereocenters. The van der Waals surface area contributed by atoms with E-state index >= 15 is 0 Å². The van der Waals surface area contributed by atoms with Gasteiger partial charge in [-0.05, 0) is 55.3 Å². The Bertz CT molecular complexity index is 1510. The molecule has 1 aliphatic heterocycles. The van der Waals surface area contributed by atoms with Crippen molar-refractivity contribution in [3.05, 3.63) is 83.3 Å². The molecule has 1 aromatic carbocycles.